The minimum atomic E-state index is 0.339. The Morgan fingerprint density at radius 1 is 1.27 bits per heavy atom. The summed E-state index contributed by atoms with van der Waals surface area (Å²) in [5, 5.41) is 9.31. The van der Waals surface area contributed by atoms with Crippen molar-refractivity contribution in [2.45, 2.75) is 4.90 Å². The van der Waals surface area contributed by atoms with Gasteiger partial charge >= 0.3 is 0 Å². The maximum Gasteiger partial charge on any atom is 0.130 e. The van der Waals surface area contributed by atoms with E-state index < -0.39 is 0 Å². The van der Waals surface area contributed by atoms with Crippen LogP contribution in [0.1, 0.15) is 0 Å². The van der Waals surface area contributed by atoms with Gasteiger partial charge in [0, 0.05) is 0 Å². The van der Waals surface area contributed by atoms with Crippen LogP contribution in [0.3, 0.4) is 0 Å². The molecule has 1 aromatic carbocycles. The van der Waals surface area contributed by atoms with Gasteiger partial charge in [0.25, 0.3) is 0 Å². The van der Waals surface area contributed by atoms with Crippen LogP contribution >= 0.6 is 11.9 Å². The molecule has 0 atom stereocenters. The molecule has 0 saturated heterocycles. The molecular weight excluding hydrogens is 158 g/mol. The second-order valence-electron chi connectivity index (χ2n) is 2.37. The van der Waals surface area contributed by atoms with E-state index in [0.717, 1.165) is 4.90 Å². The van der Waals surface area contributed by atoms with Crippen LogP contribution in [0.15, 0.2) is 29.2 Å². The average Bonchev–Trinajstić information content (AvgIpc) is 1.93. The highest BCUT2D eigenvalue weighted by Crippen LogP contribution is 2.28. The van der Waals surface area contributed by atoms with Crippen molar-refractivity contribution < 1.29 is 5.11 Å². The molecule has 0 amide bonds. The molecule has 0 aliphatic carbocycles. The van der Waals surface area contributed by atoms with E-state index in [4.69, 9.17) is 0 Å². The Hall–Kier alpha value is -0.670. The van der Waals surface area contributed by atoms with Crippen LogP contribution < -0.4 is 0 Å². The summed E-state index contributed by atoms with van der Waals surface area (Å²) in [6.45, 7) is 0. The fraction of sp³-hybridized carbons (Fsp3) is 0.250. The van der Waals surface area contributed by atoms with E-state index in [1.54, 1.807) is 6.07 Å². The molecule has 0 aliphatic rings. The number of nitrogens with zero attached hydrogens (tertiary/aromatic N) is 1. The molecule has 1 N–H and O–H groups in total. The summed E-state index contributed by atoms with van der Waals surface area (Å²) >= 11 is 1.51. The molecule has 0 fully saturated rings. The van der Waals surface area contributed by atoms with Gasteiger partial charge in [-0.3, -0.25) is 4.31 Å². The van der Waals surface area contributed by atoms with E-state index in [-0.39, 0.29) is 0 Å². The van der Waals surface area contributed by atoms with Gasteiger partial charge in [-0.1, -0.05) is 12.1 Å². The minimum Gasteiger partial charge on any atom is -0.507 e. The Balaban J connectivity index is 2.78. The lowest BCUT2D eigenvalue weighted by molar-refractivity contribution is 0.461. The van der Waals surface area contributed by atoms with E-state index in [2.05, 4.69) is 0 Å². The number of phenols is 1. The fourth-order valence-electron chi connectivity index (χ4n) is 0.731. The zero-order chi connectivity index (χ0) is 8.27. The van der Waals surface area contributed by atoms with Crippen molar-refractivity contribution in [2.24, 2.45) is 0 Å². The Labute approximate surface area is 71.0 Å². The number of rotatable bonds is 2. The van der Waals surface area contributed by atoms with Crippen LogP contribution in [-0.2, 0) is 0 Å². The van der Waals surface area contributed by atoms with E-state index in [0.29, 0.717) is 5.75 Å². The molecule has 60 valence electrons. The van der Waals surface area contributed by atoms with Gasteiger partial charge in [-0.25, -0.2) is 0 Å². The third-order valence-corrected chi connectivity index (χ3v) is 2.05. The molecule has 1 rings (SSSR count). The number of hydrogen-bond acceptors (Lipinski definition) is 3. The molecular formula is C8H11NOS. The third kappa shape index (κ3) is 2.44. The summed E-state index contributed by atoms with van der Waals surface area (Å²) < 4.78 is 1.94. The Bertz CT molecular complexity index is 237. The Morgan fingerprint density at radius 2 is 1.91 bits per heavy atom. The molecule has 0 aliphatic heterocycles. The summed E-state index contributed by atoms with van der Waals surface area (Å²) in [5.74, 6) is 0.339. The predicted octanol–water partition coefficient (Wildman–Crippen LogP) is 1.96. The maximum atomic E-state index is 9.31. The maximum absolute atomic E-state index is 9.31. The number of benzene rings is 1. The lowest BCUT2D eigenvalue weighted by Gasteiger charge is -2.08. The third-order valence-electron chi connectivity index (χ3n) is 1.15. The first-order valence-corrected chi connectivity index (χ1v) is 4.11. The SMILES string of the molecule is CN(C)Sc1ccccc1O. The normalized spacial score (nSPS) is 10.5. The lowest BCUT2D eigenvalue weighted by atomic mass is 10.3. The van der Waals surface area contributed by atoms with Crippen LogP contribution in [0.5, 0.6) is 5.75 Å². The second kappa shape index (κ2) is 3.64. The monoisotopic (exact) mass is 169 g/mol. The highest BCUT2D eigenvalue weighted by Gasteiger charge is 2.00. The number of para-hydroxylation sites is 1. The molecule has 0 unspecified atom stereocenters. The fourth-order valence-corrected chi connectivity index (χ4v) is 1.43. The summed E-state index contributed by atoms with van der Waals surface area (Å²) in [6.07, 6.45) is 0. The van der Waals surface area contributed by atoms with Gasteiger partial charge in [0.15, 0.2) is 0 Å². The smallest absolute Gasteiger partial charge is 0.130 e. The summed E-state index contributed by atoms with van der Waals surface area (Å²) in [4.78, 5) is 0.887. The molecule has 1 aromatic rings. The zero-order valence-corrected chi connectivity index (χ0v) is 7.43. The van der Waals surface area contributed by atoms with Crippen molar-refractivity contribution in [3.05, 3.63) is 24.3 Å². The molecule has 0 aromatic heterocycles. The van der Waals surface area contributed by atoms with Crippen LogP contribution in [0.2, 0.25) is 0 Å². The first kappa shape index (κ1) is 8.43. The summed E-state index contributed by atoms with van der Waals surface area (Å²) in [5.41, 5.74) is 0. The van der Waals surface area contributed by atoms with Gasteiger partial charge in [-0.05, 0) is 38.2 Å². The van der Waals surface area contributed by atoms with Gasteiger partial charge < -0.3 is 5.11 Å². The summed E-state index contributed by atoms with van der Waals surface area (Å²) in [6, 6.07) is 7.30. The topological polar surface area (TPSA) is 23.5 Å². The largest absolute Gasteiger partial charge is 0.507 e. The molecule has 0 bridgehead atoms. The van der Waals surface area contributed by atoms with Crippen LogP contribution in [-0.4, -0.2) is 23.5 Å². The van der Waals surface area contributed by atoms with Gasteiger partial charge in [0.05, 0.1) is 4.90 Å². The van der Waals surface area contributed by atoms with Gasteiger partial charge in [0.2, 0.25) is 0 Å². The second-order valence-corrected chi connectivity index (χ2v) is 3.72. The van der Waals surface area contributed by atoms with Crippen LogP contribution in [0.25, 0.3) is 0 Å². The number of hydrogen-bond donors (Lipinski definition) is 1. The molecule has 11 heavy (non-hydrogen) atoms. The lowest BCUT2D eigenvalue weighted by Crippen LogP contribution is -1.98. The first-order chi connectivity index (χ1) is 5.20. The Kier molecular flexibility index (Phi) is 2.79. The average molecular weight is 169 g/mol. The zero-order valence-electron chi connectivity index (χ0n) is 6.61. The molecule has 2 nitrogen and oxygen atoms in total. The number of aromatic hydroxyl groups is 1. The van der Waals surface area contributed by atoms with Gasteiger partial charge in [0.1, 0.15) is 5.75 Å². The van der Waals surface area contributed by atoms with Gasteiger partial charge in [-0.2, -0.15) is 0 Å². The van der Waals surface area contributed by atoms with Crippen LogP contribution in [0.4, 0.5) is 0 Å². The van der Waals surface area contributed by atoms with E-state index in [9.17, 15) is 5.11 Å². The molecule has 0 saturated carbocycles. The quantitative estimate of drug-likeness (QED) is 0.685. The van der Waals surface area contributed by atoms with Crippen molar-refractivity contribution >= 4 is 11.9 Å². The van der Waals surface area contributed by atoms with E-state index in [1.807, 2.05) is 36.6 Å². The minimum absolute atomic E-state index is 0.339. The van der Waals surface area contributed by atoms with Gasteiger partial charge in [-0.15, -0.1) is 0 Å². The van der Waals surface area contributed by atoms with E-state index in [1.165, 1.54) is 11.9 Å². The predicted molar refractivity (Wildman–Crippen MR) is 47.7 cm³/mol. The van der Waals surface area contributed by atoms with E-state index >= 15 is 0 Å². The number of phenolic OH excluding ortho intramolecular Hbond substituents is 1. The highest BCUT2D eigenvalue weighted by molar-refractivity contribution is 7.97. The van der Waals surface area contributed by atoms with Crippen molar-refractivity contribution in [2.75, 3.05) is 14.1 Å². The standard InChI is InChI=1S/C8H11NOS/c1-9(2)11-8-6-4-3-5-7(8)10/h3-6,10H,1-2H3. The molecule has 0 radical (unpaired) electrons. The highest BCUT2D eigenvalue weighted by atomic mass is 32.2. The van der Waals surface area contributed by atoms with Crippen LogP contribution in [0, 0.1) is 0 Å². The molecule has 3 heteroatoms. The molecule has 0 spiro atoms. The first-order valence-electron chi connectivity index (χ1n) is 3.33. The van der Waals surface area contributed by atoms with Crippen molar-refractivity contribution in [1.29, 1.82) is 0 Å². The summed E-state index contributed by atoms with van der Waals surface area (Å²) in [7, 11) is 3.88. The molecule has 0 heterocycles. The van der Waals surface area contributed by atoms with Crippen molar-refractivity contribution in [3.63, 3.8) is 0 Å². The Morgan fingerprint density at radius 3 is 2.45 bits per heavy atom. The van der Waals surface area contributed by atoms with Crippen molar-refractivity contribution in [1.82, 2.24) is 4.31 Å². The van der Waals surface area contributed by atoms with Crippen molar-refractivity contribution in [3.8, 4) is 5.75 Å².